The Balaban J connectivity index is 2.33. The molecule has 0 saturated carbocycles. The first-order valence-electron chi connectivity index (χ1n) is 13.5. The van der Waals surface area contributed by atoms with E-state index < -0.39 is 54.8 Å². The van der Waals surface area contributed by atoms with Gasteiger partial charge in [-0.2, -0.15) is 8.42 Å². The SMILES string of the molecule is COCO[C@H]([C@H](O)[C@H]1[C@@H](CO[Si](C)(C)C(C)(C)C)CC=C[C@H]1NC(=O)OCc1ccccc1)[C@H](C)OS(C)(=O)=O. The van der Waals surface area contributed by atoms with Gasteiger partial charge in [0.2, 0.25) is 0 Å². The summed E-state index contributed by atoms with van der Waals surface area (Å²) in [7, 11) is -4.54. The minimum atomic E-state index is -3.84. The Morgan fingerprint density at radius 3 is 2.42 bits per heavy atom. The second kappa shape index (κ2) is 14.9. The number of aliphatic hydroxyl groups excluding tert-OH is 1. The van der Waals surface area contributed by atoms with Gasteiger partial charge in [0.05, 0.1) is 18.4 Å². The third-order valence-corrected chi connectivity index (χ3v) is 12.8. The summed E-state index contributed by atoms with van der Waals surface area (Å²) in [5, 5.41) is 14.6. The number of rotatable bonds is 14. The Kier molecular flexibility index (Phi) is 12.8. The number of carbonyl (C=O) groups is 1. The van der Waals surface area contributed by atoms with E-state index >= 15 is 0 Å². The van der Waals surface area contributed by atoms with Crippen molar-refractivity contribution in [2.75, 3.05) is 26.8 Å². The van der Waals surface area contributed by atoms with Crippen LogP contribution in [0.4, 0.5) is 4.79 Å². The molecule has 10 nitrogen and oxygen atoms in total. The van der Waals surface area contributed by atoms with Crippen molar-refractivity contribution in [3.05, 3.63) is 48.0 Å². The summed E-state index contributed by atoms with van der Waals surface area (Å²) in [4.78, 5) is 12.8. The molecule has 1 aromatic rings. The normalized spacial score (nSPS) is 22.4. The van der Waals surface area contributed by atoms with E-state index in [0.717, 1.165) is 11.8 Å². The van der Waals surface area contributed by atoms with Gasteiger partial charge >= 0.3 is 6.09 Å². The van der Waals surface area contributed by atoms with Crippen LogP contribution in [0.25, 0.3) is 0 Å². The first-order chi connectivity index (χ1) is 18.6. The van der Waals surface area contributed by atoms with Gasteiger partial charge in [0, 0.05) is 19.6 Å². The Hall–Kier alpha value is -1.80. The maximum Gasteiger partial charge on any atom is 0.407 e. The highest BCUT2D eigenvalue weighted by Crippen LogP contribution is 2.39. The second-order valence-corrected chi connectivity index (χ2v) is 18.2. The lowest BCUT2D eigenvalue weighted by atomic mass is 9.74. The molecule has 12 heteroatoms. The minimum Gasteiger partial charge on any atom is -0.445 e. The Bertz CT molecular complexity index is 1060. The number of ether oxygens (including phenoxy) is 3. The lowest BCUT2D eigenvalue weighted by Gasteiger charge is -2.43. The number of hydrogen-bond acceptors (Lipinski definition) is 9. The number of hydrogen-bond donors (Lipinski definition) is 2. The Morgan fingerprint density at radius 2 is 1.85 bits per heavy atom. The van der Waals surface area contributed by atoms with E-state index in [0.29, 0.717) is 13.0 Å². The van der Waals surface area contributed by atoms with Crippen molar-refractivity contribution < 1.29 is 41.1 Å². The highest BCUT2D eigenvalue weighted by atomic mass is 32.2. The molecule has 6 atom stereocenters. The summed E-state index contributed by atoms with van der Waals surface area (Å²) in [5.41, 5.74) is 0.842. The van der Waals surface area contributed by atoms with E-state index in [2.05, 4.69) is 39.2 Å². The number of carbonyl (C=O) groups excluding carboxylic acids is 1. The number of benzene rings is 1. The third kappa shape index (κ3) is 10.5. The molecule has 0 heterocycles. The van der Waals surface area contributed by atoms with Crippen molar-refractivity contribution in [3.63, 3.8) is 0 Å². The first-order valence-corrected chi connectivity index (χ1v) is 18.2. The molecule has 1 aliphatic rings. The molecule has 0 spiro atoms. The lowest BCUT2D eigenvalue weighted by molar-refractivity contribution is -0.161. The standard InChI is InChI=1S/C28H47NO9SSi/c1-20(38-39(6,32)33)26(36-19-34-5)25(30)24-22(18-37-40(7,8)28(2,3)4)15-12-16-23(24)29-27(31)35-17-21-13-10-9-11-14-21/h9-14,16,20,22-26,30H,15,17-19H2,1-8H3,(H,29,31)/t20-,22+,23+,24-,25+,26-/m0/s1. The molecule has 1 aromatic carbocycles. The van der Waals surface area contributed by atoms with Gasteiger partial charge in [-0.1, -0.05) is 63.3 Å². The van der Waals surface area contributed by atoms with E-state index in [1.54, 1.807) is 0 Å². The van der Waals surface area contributed by atoms with Crippen molar-refractivity contribution in [1.82, 2.24) is 5.32 Å². The molecule has 0 aliphatic heterocycles. The predicted molar refractivity (Wildman–Crippen MR) is 156 cm³/mol. The number of allylic oxidation sites excluding steroid dienone is 1. The van der Waals surface area contributed by atoms with Crippen LogP contribution in [-0.4, -0.2) is 79.1 Å². The van der Waals surface area contributed by atoms with Gasteiger partial charge in [0.15, 0.2) is 8.32 Å². The Labute approximate surface area is 240 Å². The largest absolute Gasteiger partial charge is 0.445 e. The molecule has 0 radical (unpaired) electrons. The van der Waals surface area contributed by atoms with Crippen molar-refractivity contribution in [2.45, 2.75) is 83.2 Å². The highest BCUT2D eigenvalue weighted by molar-refractivity contribution is 7.86. The van der Waals surface area contributed by atoms with Gasteiger partial charge in [-0.15, -0.1) is 0 Å². The van der Waals surface area contributed by atoms with Gasteiger partial charge in [0.25, 0.3) is 10.1 Å². The lowest BCUT2D eigenvalue weighted by Crippen LogP contribution is -2.56. The van der Waals surface area contributed by atoms with Gasteiger partial charge < -0.3 is 29.1 Å². The molecular formula is C28H47NO9SSi. The van der Waals surface area contributed by atoms with E-state index in [4.69, 9.17) is 22.8 Å². The van der Waals surface area contributed by atoms with E-state index in [-0.39, 0.29) is 24.4 Å². The van der Waals surface area contributed by atoms with Crippen molar-refractivity contribution in [3.8, 4) is 0 Å². The van der Waals surface area contributed by atoms with Crippen LogP contribution >= 0.6 is 0 Å². The van der Waals surface area contributed by atoms with Crippen molar-refractivity contribution >= 4 is 24.5 Å². The predicted octanol–water partition coefficient (Wildman–Crippen LogP) is 4.21. The average molecular weight is 602 g/mol. The van der Waals surface area contributed by atoms with Crippen LogP contribution in [0.1, 0.15) is 39.7 Å². The fourth-order valence-corrected chi connectivity index (χ4v) is 6.16. The highest BCUT2D eigenvalue weighted by Gasteiger charge is 2.45. The van der Waals surface area contributed by atoms with Crippen molar-refractivity contribution in [2.24, 2.45) is 11.8 Å². The molecule has 0 fully saturated rings. The van der Waals surface area contributed by atoms with Crippen molar-refractivity contribution in [1.29, 1.82) is 0 Å². The number of alkyl carbamates (subject to hydrolysis) is 1. The zero-order valence-electron chi connectivity index (χ0n) is 25.0. The average Bonchev–Trinajstić information content (AvgIpc) is 2.85. The van der Waals surface area contributed by atoms with Crippen LogP contribution in [-0.2, 0) is 39.5 Å². The fraction of sp³-hybridized carbons (Fsp3) is 0.679. The van der Waals surface area contributed by atoms with Gasteiger partial charge in [0.1, 0.15) is 25.6 Å². The molecule has 0 aromatic heterocycles. The first kappa shape index (κ1) is 34.4. The topological polar surface area (TPSA) is 130 Å². The molecule has 1 amide bonds. The molecule has 1 aliphatic carbocycles. The summed E-state index contributed by atoms with van der Waals surface area (Å²) < 4.78 is 51.8. The van der Waals surface area contributed by atoms with Crippen LogP contribution in [0.2, 0.25) is 18.1 Å². The summed E-state index contributed by atoms with van der Waals surface area (Å²) in [6.07, 6.45) is 1.30. The van der Waals surface area contributed by atoms with Crippen LogP contribution < -0.4 is 5.32 Å². The van der Waals surface area contributed by atoms with Gasteiger partial charge in [-0.25, -0.2) is 4.79 Å². The van der Waals surface area contributed by atoms with Crippen LogP contribution in [0.5, 0.6) is 0 Å². The molecule has 228 valence electrons. The summed E-state index contributed by atoms with van der Waals surface area (Å²) >= 11 is 0. The fourth-order valence-electron chi connectivity index (χ4n) is 4.43. The maximum absolute atomic E-state index is 12.8. The zero-order chi connectivity index (χ0) is 30.1. The molecule has 2 rings (SSSR count). The number of aliphatic hydroxyl groups is 1. The molecule has 0 unspecified atom stereocenters. The number of nitrogens with one attached hydrogen (secondary N) is 1. The molecule has 40 heavy (non-hydrogen) atoms. The monoisotopic (exact) mass is 601 g/mol. The van der Waals surface area contributed by atoms with Crippen LogP contribution in [0, 0.1) is 11.8 Å². The van der Waals surface area contributed by atoms with Gasteiger partial charge in [-0.05, 0) is 43.0 Å². The number of methoxy groups -OCH3 is 1. The molecule has 2 N–H and O–H groups in total. The second-order valence-electron chi connectivity index (χ2n) is 11.8. The van der Waals surface area contributed by atoms with Crippen LogP contribution in [0.3, 0.4) is 0 Å². The van der Waals surface area contributed by atoms with E-state index in [1.807, 2.05) is 42.5 Å². The maximum atomic E-state index is 12.8. The smallest absolute Gasteiger partial charge is 0.407 e. The molecular weight excluding hydrogens is 554 g/mol. The Morgan fingerprint density at radius 1 is 1.20 bits per heavy atom. The van der Waals surface area contributed by atoms with E-state index in [1.165, 1.54) is 14.0 Å². The zero-order valence-corrected chi connectivity index (χ0v) is 26.8. The van der Waals surface area contributed by atoms with E-state index in [9.17, 15) is 18.3 Å². The molecule has 0 bridgehead atoms. The van der Waals surface area contributed by atoms with Crippen LogP contribution in [0.15, 0.2) is 42.5 Å². The quantitative estimate of drug-likeness (QED) is 0.139. The summed E-state index contributed by atoms with van der Waals surface area (Å²) in [6.45, 7) is 12.5. The summed E-state index contributed by atoms with van der Waals surface area (Å²) in [6, 6.07) is 8.68. The summed E-state index contributed by atoms with van der Waals surface area (Å²) in [5.74, 6) is -0.820. The number of amides is 1. The minimum absolute atomic E-state index is 0.0214. The molecule has 0 saturated heterocycles. The third-order valence-electron chi connectivity index (χ3n) is 7.60. The van der Waals surface area contributed by atoms with Gasteiger partial charge in [-0.3, -0.25) is 4.18 Å².